The van der Waals surface area contributed by atoms with Crippen molar-refractivity contribution in [2.24, 2.45) is 0 Å². The fraction of sp³-hybridized carbons (Fsp3) is 0.400. The smallest absolute Gasteiger partial charge is 0.127 e. The highest BCUT2D eigenvalue weighted by Crippen LogP contribution is 1.96. The quantitative estimate of drug-likeness (QED) is 0.374. The summed E-state index contributed by atoms with van der Waals surface area (Å²) in [6.45, 7) is 13.4. The van der Waals surface area contributed by atoms with Crippen molar-refractivity contribution < 1.29 is 0 Å². The molecule has 0 aromatic carbocycles. The molecule has 22 heavy (non-hydrogen) atoms. The second-order valence-electron chi connectivity index (χ2n) is 6.85. The van der Waals surface area contributed by atoms with E-state index in [2.05, 4.69) is 85.9 Å². The maximum atomic E-state index is 3.26. The van der Waals surface area contributed by atoms with E-state index in [1.165, 1.54) is 0 Å². The SMILES string of the molecule is C[Si](C)(C)C#C/C=C\C#CCCC#C/C=C\C#C[Si](C)(C)C. The van der Waals surface area contributed by atoms with Crippen LogP contribution in [0.5, 0.6) is 0 Å². The first-order chi connectivity index (χ1) is 10.2. The zero-order valence-electron chi connectivity index (χ0n) is 14.7. The van der Waals surface area contributed by atoms with Gasteiger partial charge in [0.25, 0.3) is 0 Å². The van der Waals surface area contributed by atoms with E-state index in [4.69, 9.17) is 0 Å². The lowest BCUT2D eigenvalue weighted by Crippen LogP contribution is -2.16. The summed E-state index contributed by atoms with van der Waals surface area (Å²) in [5, 5.41) is 0. The average Bonchev–Trinajstić information content (AvgIpc) is 2.36. The van der Waals surface area contributed by atoms with Crippen LogP contribution in [0, 0.1) is 46.6 Å². The van der Waals surface area contributed by atoms with E-state index in [9.17, 15) is 0 Å². The molecule has 0 aliphatic heterocycles. The molecule has 0 atom stereocenters. The van der Waals surface area contributed by atoms with Gasteiger partial charge in [0.15, 0.2) is 0 Å². The molecule has 0 aromatic rings. The third kappa shape index (κ3) is 18.2. The van der Waals surface area contributed by atoms with E-state index < -0.39 is 16.1 Å². The van der Waals surface area contributed by atoms with Crippen molar-refractivity contribution in [2.75, 3.05) is 0 Å². The number of rotatable bonds is 1. The van der Waals surface area contributed by atoms with Crippen LogP contribution in [0.15, 0.2) is 24.3 Å². The third-order valence-electron chi connectivity index (χ3n) is 1.97. The lowest BCUT2D eigenvalue weighted by atomic mass is 10.3. The number of unbranched alkanes of at least 4 members (excludes halogenated alkanes) is 1. The van der Waals surface area contributed by atoms with Crippen LogP contribution in [0.4, 0.5) is 0 Å². The van der Waals surface area contributed by atoms with E-state index in [1.54, 1.807) is 0 Å². The van der Waals surface area contributed by atoms with Gasteiger partial charge in [-0.2, -0.15) is 0 Å². The fourth-order valence-electron chi connectivity index (χ4n) is 1.07. The molecule has 114 valence electrons. The molecule has 0 saturated carbocycles. The van der Waals surface area contributed by atoms with Crippen molar-refractivity contribution in [2.45, 2.75) is 52.1 Å². The molecule has 0 spiro atoms. The zero-order valence-corrected chi connectivity index (χ0v) is 16.7. The highest BCUT2D eigenvalue weighted by molar-refractivity contribution is 6.84. The fourth-order valence-corrected chi connectivity index (χ4v) is 2.10. The van der Waals surface area contributed by atoms with Crippen molar-refractivity contribution in [3.05, 3.63) is 24.3 Å². The minimum Gasteiger partial charge on any atom is -0.127 e. The first kappa shape index (κ1) is 20.2. The molecule has 0 aromatic heterocycles. The molecule has 0 heterocycles. The molecule has 0 aliphatic carbocycles. The summed E-state index contributed by atoms with van der Waals surface area (Å²) in [6.07, 6.45) is 8.85. The van der Waals surface area contributed by atoms with Crippen molar-refractivity contribution in [1.29, 1.82) is 0 Å². The number of allylic oxidation sites excluding steroid dienone is 4. The van der Waals surface area contributed by atoms with Gasteiger partial charge in [-0.05, 0) is 24.3 Å². The highest BCUT2D eigenvalue weighted by Gasteiger charge is 2.06. The van der Waals surface area contributed by atoms with Crippen LogP contribution >= 0.6 is 0 Å². The molecule has 0 nitrogen and oxygen atoms in total. The standard InChI is InChI=1S/C20H26Si2/c1-21(2,3)19-17-15-13-11-9-7-8-10-12-14-16-18-20-22(4,5)6/h13-16H,7-8H2,1-6H3/b15-13-,16-14-. The summed E-state index contributed by atoms with van der Waals surface area (Å²) < 4.78 is 0. The van der Waals surface area contributed by atoms with Crippen molar-refractivity contribution in [3.63, 3.8) is 0 Å². The van der Waals surface area contributed by atoms with Crippen LogP contribution in [0.2, 0.25) is 39.3 Å². The molecule has 0 rings (SSSR count). The summed E-state index contributed by atoms with van der Waals surface area (Å²) in [6, 6.07) is 0. The van der Waals surface area contributed by atoms with Crippen LogP contribution in [0.3, 0.4) is 0 Å². The number of hydrogen-bond donors (Lipinski definition) is 0. The van der Waals surface area contributed by atoms with Gasteiger partial charge in [-0.1, -0.05) is 74.8 Å². The topological polar surface area (TPSA) is 0 Å². The summed E-state index contributed by atoms with van der Waals surface area (Å²) >= 11 is 0. The molecule has 0 amide bonds. The molecular weight excluding hydrogens is 296 g/mol. The van der Waals surface area contributed by atoms with Gasteiger partial charge < -0.3 is 0 Å². The minimum absolute atomic E-state index is 0.785. The van der Waals surface area contributed by atoms with Crippen molar-refractivity contribution in [1.82, 2.24) is 0 Å². The Labute approximate surface area is 139 Å². The van der Waals surface area contributed by atoms with E-state index in [1.807, 2.05) is 24.3 Å². The van der Waals surface area contributed by atoms with Gasteiger partial charge >= 0.3 is 0 Å². The highest BCUT2D eigenvalue weighted by atomic mass is 28.3. The molecule has 2 heteroatoms. The second-order valence-corrected chi connectivity index (χ2v) is 16.3. The van der Waals surface area contributed by atoms with Gasteiger partial charge in [0.2, 0.25) is 0 Å². The first-order valence-electron chi connectivity index (χ1n) is 7.53. The van der Waals surface area contributed by atoms with Crippen LogP contribution in [-0.4, -0.2) is 16.1 Å². The summed E-state index contributed by atoms with van der Waals surface area (Å²) in [7, 11) is -2.52. The second kappa shape index (κ2) is 10.8. The Morgan fingerprint density at radius 3 is 1.18 bits per heavy atom. The summed E-state index contributed by atoms with van der Waals surface area (Å²) in [5.41, 5.74) is 6.52. The Bertz CT molecular complexity index is 574. The maximum absolute atomic E-state index is 3.26. The molecule has 0 bridgehead atoms. The Kier molecular flexibility index (Phi) is 9.91. The first-order valence-corrected chi connectivity index (χ1v) is 14.5. The minimum atomic E-state index is -1.26. The lowest BCUT2D eigenvalue weighted by Gasteiger charge is -2.01. The van der Waals surface area contributed by atoms with Gasteiger partial charge in [-0.25, -0.2) is 0 Å². The maximum Gasteiger partial charge on any atom is 0.129 e. The molecule has 0 unspecified atom stereocenters. The van der Waals surface area contributed by atoms with Crippen LogP contribution in [0.1, 0.15) is 12.8 Å². The van der Waals surface area contributed by atoms with Crippen molar-refractivity contribution >= 4 is 16.1 Å². The Balaban J connectivity index is 4.01. The van der Waals surface area contributed by atoms with Crippen LogP contribution in [-0.2, 0) is 0 Å². The van der Waals surface area contributed by atoms with Crippen molar-refractivity contribution in [3.8, 4) is 46.6 Å². The Hall–Kier alpha value is -1.85. The summed E-state index contributed by atoms with van der Waals surface area (Å²) in [4.78, 5) is 0. The largest absolute Gasteiger partial charge is 0.129 e. The normalized spacial score (nSPS) is 10.6. The zero-order chi connectivity index (χ0) is 16.9. The number of hydrogen-bond acceptors (Lipinski definition) is 0. The van der Waals surface area contributed by atoms with Crippen LogP contribution < -0.4 is 0 Å². The molecule has 0 fully saturated rings. The van der Waals surface area contributed by atoms with E-state index in [0.717, 1.165) is 12.8 Å². The van der Waals surface area contributed by atoms with Gasteiger partial charge in [0.05, 0.1) is 0 Å². The molecule has 0 aliphatic rings. The molecule has 0 radical (unpaired) electrons. The molecule has 0 saturated heterocycles. The predicted octanol–water partition coefficient (Wildman–Crippen LogP) is 4.65. The van der Waals surface area contributed by atoms with Gasteiger partial charge in [-0.15, -0.1) is 11.1 Å². The van der Waals surface area contributed by atoms with Gasteiger partial charge in [0.1, 0.15) is 16.1 Å². The predicted molar refractivity (Wildman–Crippen MR) is 105 cm³/mol. The van der Waals surface area contributed by atoms with E-state index in [0.29, 0.717) is 0 Å². The van der Waals surface area contributed by atoms with E-state index >= 15 is 0 Å². The van der Waals surface area contributed by atoms with Crippen LogP contribution in [0.25, 0.3) is 0 Å². The average molecular weight is 323 g/mol. The molecular formula is C20H26Si2. The Morgan fingerprint density at radius 1 is 0.545 bits per heavy atom. The molecule has 0 N–H and O–H groups in total. The third-order valence-corrected chi connectivity index (χ3v) is 3.76. The van der Waals surface area contributed by atoms with Gasteiger partial charge in [0, 0.05) is 12.8 Å². The summed E-state index contributed by atoms with van der Waals surface area (Å²) in [5.74, 6) is 18.2. The monoisotopic (exact) mass is 322 g/mol. The Morgan fingerprint density at radius 2 is 0.864 bits per heavy atom. The van der Waals surface area contributed by atoms with E-state index in [-0.39, 0.29) is 0 Å². The van der Waals surface area contributed by atoms with Gasteiger partial charge in [-0.3, -0.25) is 0 Å². The lowest BCUT2D eigenvalue weighted by molar-refractivity contribution is 1.12.